The topological polar surface area (TPSA) is 29.9 Å². The summed E-state index contributed by atoms with van der Waals surface area (Å²) >= 11 is 12.2. The fraction of sp³-hybridized carbons (Fsp3) is 0.250. The first-order valence-corrected chi connectivity index (χ1v) is 6.01. The minimum atomic E-state index is 0.613. The van der Waals surface area contributed by atoms with Gasteiger partial charge in [0.1, 0.15) is 5.15 Å². The normalized spacial score (nSPS) is 10.6. The maximum absolute atomic E-state index is 6.15. The lowest BCUT2D eigenvalue weighted by atomic mass is 10.2. The van der Waals surface area contributed by atoms with Crippen LogP contribution in [0.15, 0.2) is 24.3 Å². The van der Waals surface area contributed by atoms with Gasteiger partial charge < -0.3 is 5.32 Å². The average Bonchev–Trinajstić information content (AvgIpc) is 2.53. The van der Waals surface area contributed by atoms with Gasteiger partial charge in [0.05, 0.1) is 16.4 Å². The molecule has 1 aromatic carbocycles. The molecule has 0 saturated heterocycles. The van der Waals surface area contributed by atoms with Gasteiger partial charge in [0, 0.05) is 19.2 Å². The van der Waals surface area contributed by atoms with E-state index in [1.54, 1.807) is 4.68 Å². The van der Waals surface area contributed by atoms with E-state index in [2.05, 4.69) is 10.4 Å². The second kappa shape index (κ2) is 4.98. The van der Waals surface area contributed by atoms with Crippen molar-refractivity contribution >= 4 is 28.9 Å². The van der Waals surface area contributed by atoms with Gasteiger partial charge in [-0.2, -0.15) is 5.10 Å². The number of benzene rings is 1. The van der Waals surface area contributed by atoms with Gasteiger partial charge in [0.2, 0.25) is 0 Å². The SMILES string of the molecule is Cc1nn(C)c(Cl)c1CNc1ccccc1Cl. The van der Waals surface area contributed by atoms with Crippen LogP contribution in [0.3, 0.4) is 0 Å². The second-order valence-electron chi connectivity index (χ2n) is 3.81. The first-order chi connectivity index (χ1) is 8.09. The van der Waals surface area contributed by atoms with Gasteiger partial charge in [0.15, 0.2) is 0 Å². The molecule has 0 atom stereocenters. The van der Waals surface area contributed by atoms with Crippen LogP contribution in [0.5, 0.6) is 0 Å². The van der Waals surface area contributed by atoms with Crippen molar-refractivity contribution in [2.24, 2.45) is 7.05 Å². The number of hydrogen-bond donors (Lipinski definition) is 1. The molecule has 2 aromatic rings. The summed E-state index contributed by atoms with van der Waals surface area (Å²) in [6, 6.07) is 7.62. The molecule has 0 unspecified atom stereocenters. The van der Waals surface area contributed by atoms with E-state index in [-0.39, 0.29) is 0 Å². The highest BCUT2D eigenvalue weighted by atomic mass is 35.5. The third-order valence-corrected chi connectivity index (χ3v) is 3.40. The Hall–Kier alpha value is -1.19. The zero-order valence-corrected chi connectivity index (χ0v) is 11.2. The van der Waals surface area contributed by atoms with Crippen molar-refractivity contribution in [3.8, 4) is 0 Å². The summed E-state index contributed by atoms with van der Waals surface area (Å²) in [6.45, 7) is 2.55. The van der Waals surface area contributed by atoms with Gasteiger partial charge in [-0.25, -0.2) is 0 Å². The molecule has 0 aliphatic heterocycles. The molecule has 0 saturated carbocycles. The van der Waals surface area contributed by atoms with Crippen LogP contribution in [0.2, 0.25) is 10.2 Å². The van der Waals surface area contributed by atoms with Crippen molar-refractivity contribution in [1.29, 1.82) is 0 Å². The molecule has 0 spiro atoms. The molecule has 0 fully saturated rings. The smallest absolute Gasteiger partial charge is 0.131 e. The first kappa shape index (κ1) is 12.3. The van der Waals surface area contributed by atoms with Gasteiger partial charge in [-0.1, -0.05) is 35.3 Å². The molecule has 0 amide bonds. The zero-order valence-electron chi connectivity index (χ0n) is 9.67. The van der Waals surface area contributed by atoms with E-state index in [4.69, 9.17) is 23.2 Å². The largest absolute Gasteiger partial charge is 0.380 e. The fourth-order valence-corrected chi connectivity index (χ4v) is 2.11. The molecule has 3 nitrogen and oxygen atoms in total. The Balaban J connectivity index is 2.15. The van der Waals surface area contributed by atoms with E-state index >= 15 is 0 Å². The lowest BCUT2D eigenvalue weighted by Crippen LogP contribution is -2.01. The lowest BCUT2D eigenvalue weighted by Gasteiger charge is -2.07. The predicted molar refractivity (Wildman–Crippen MR) is 71.7 cm³/mol. The monoisotopic (exact) mass is 269 g/mol. The summed E-state index contributed by atoms with van der Waals surface area (Å²) in [5, 5.41) is 8.87. The highest BCUT2D eigenvalue weighted by molar-refractivity contribution is 6.33. The van der Waals surface area contributed by atoms with Gasteiger partial charge in [-0.05, 0) is 19.1 Å². The van der Waals surface area contributed by atoms with Crippen molar-refractivity contribution in [2.45, 2.75) is 13.5 Å². The van der Waals surface area contributed by atoms with Gasteiger partial charge in [-0.15, -0.1) is 0 Å². The number of rotatable bonds is 3. The highest BCUT2D eigenvalue weighted by Gasteiger charge is 2.10. The molecule has 1 aromatic heterocycles. The fourth-order valence-electron chi connectivity index (χ4n) is 1.66. The van der Waals surface area contributed by atoms with E-state index in [1.807, 2.05) is 38.2 Å². The summed E-state index contributed by atoms with van der Waals surface area (Å²) < 4.78 is 1.67. The van der Waals surface area contributed by atoms with E-state index in [0.29, 0.717) is 16.7 Å². The van der Waals surface area contributed by atoms with Crippen molar-refractivity contribution in [3.63, 3.8) is 0 Å². The number of aryl methyl sites for hydroxylation is 2. The second-order valence-corrected chi connectivity index (χ2v) is 4.58. The molecule has 0 aliphatic carbocycles. The number of hydrogen-bond acceptors (Lipinski definition) is 2. The zero-order chi connectivity index (χ0) is 12.4. The van der Waals surface area contributed by atoms with E-state index in [9.17, 15) is 0 Å². The molecule has 90 valence electrons. The number of anilines is 1. The Bertz CT molecular complexity index is 535. The van der Waals surface area contributed by atoms with Crippen LogP contribution in [0.4, 0.5) is 5.69 Å². The van der Waals surface area contributed by atoms with Crippen LogP contribution in [-0.4, -0.2) is 9.78 Å². The van der Waals surface area contributed by atoms with Gasteiger partial charge in [0.25, 0.3) is 0 Å². The Morgan fingerprint density at radius 3 is 2.59 bits per heavy atom. The molecule has 1 N–H and O–H groups in total. The Kier molecular flexibility index (Phi) is 3.60. The molecule has 17 heavy (non-hydrogen) atoms. The van der Waals surface area contributed by atoms with E-state index in [1.165, 1.54) is 0 Å². The molecular weight excluding hydrogens is 257 g/mol. The number of nitrogens with one attached hydrogen (secondary N) is 1. The predicted octanol–water partition coefficient (Wildman–Crippen LogP) is 3.65. The number of aromatic nitrogens is 2. The standard InChI is InChI=1S/C12H13Cl2N3/c1-8-9(12(14)17(2)16-8)7-15-11-6-4-3-5-10(11)13/h3-6,15H,7H2,1-2H3. The van der Waals surface area contributed by atoms with Gasteiger partial charge >= 0.3 is 0 Å². The molecule has 0 aliphatic rings. The molecule has 0 bridgehead atoms. The molecule has 0 radical (unpaired) electrons. The van der Waals surface area contributed by atoms with Crippen molar-refractivity contribution in [1.82, 2.24) is 9.78 Å². The van der Waals surface area contributed by atoms with Crippen LogP contribution >= 0.6 is 23.2 Å². The minimum absolute atomic E-state index is 0.613. The summed E-state index contributed by atoms with van der Waals surface area (Å²) in [7, 11) is 1.83. The molecular formula is C12H13Cl2N3. The summed E-state index contributed by atoms with van der Waals surface area (Å²) in [5.41, 5.74) is 2.82. The molecule has 1 heterocycles. The van der Waals surface area contributed by atoms with Crippen LogP contribution < -0.4 is 5.32 Å². The third kappa shape index (κ3) is 2.56. The Morgan fingerprint density at radius 2 is 2.00 bits per heavy atom. The van der Waals surface area contributed by atoms with Crippen molar-refractivity contribution in [2.75, 3.05) is 5.32 Å². The number of nitrogens with zero attached hydrogens (tertiary/aromatic N) is 2. The first-order valence-electron chi connectivity index (χ1n) is 5.26. The third-order valence-electron chi connectivity index (χ3n) is 2.60. The van der Waals surface area contributed by atoms with Crippen LogP contribution in [0.1, 0.15) is 11.3 Å². The van der Waals surface area contributed by atoms with E-state index in [0.717, 1.165) is 16.9 Å². The van der Waals surface area contributed by atoms with Crippen molar-refractivity contribution < 1.29 is 0 Å². The molecule has 2 rings (SSSR count). The maximum Gasteiger partial charge on any atom is 0.131 e. The van der Waals surface area contributed by atoms with Crippen LogP contribution in [0.25, 0.3) is 0 Å². The maximum atomic E-state index is 6.15. The molecule has 5 heteroatoms. The Morgan fingerprint density at radius 1 is 1.29 bits per heavy atom. The van der Waals surface area contributed by atoms with Crippen LogP contribution in [0, 0.1) is 6.92 Å². The lowest BCUT2D eigenvalue weighted by molar-refractivity contribution is 0.757. The minimum Gasteiger partial charge on any atom is -0.380 e. The van der Waals surface area contributed by atoms with Crippen LogP contribution in [-0.2, 0) is 13.6 Å². The quantitative estimate of drug-likeness (QED) is 0.922. The van der Waals surface area contributed by atoms with E-state index < -0.39 is 0 Å². The number of para-hydroxylation sites is 1. The van der Waals surface area contributed by atoms with Crippen molar-refractivity contribution in [3.05, 3.63) is 45.7 Å². The summed E-state index contributed by atoms with van der Waals surface area (Å²) in [6.07, 6.45) is 0. The van der Waals surface area contributed by atoms with Gasteiger partial charge in [-0.3, -0.25) is 4.68 Å². The average molecular weight is 270 g/mol. The highest BCUT2D eigenvalue weighted by Crippen LogP contribution is 2.24. The summed E-state index contributed by atoms with van der Waals surface area (Å²) in [5.74, 6) is 0. The summed E-state index contributed by atoms with van der Waals surface area (Å²) in [4.78, 5) is 0. The number of halogens is 2. The Labute approximate surface area is 110 Å².